The number of hydrogen-bond acceptors (Lipinski definition) is 3. The molecule has 19 heavy (non-hydrogen) atoms. The molecule has 0 aliphatic carbocycles. The fourth-order valence-electron chi connectivity index (χ4n) is 1.66. The summed E-state index contributed by atoms with van der Waals surface area (Å²) in [6.07, 6.45) is 0.969. The van der Waals surface area contributed by atoms with Crippen LogP contribution in [0.25, 0.3) is 0 Å². The number of hydrogen-bond donors (Lipinski definition) is 2. The molecular weight excluding hydrogens is 242 g/mol. The molecular formula is C14H29N3O2. The molecule has 0 bridgehead atoms. The Morgan fingerprint density at radius 1 is 1.11 bits per heavy atom. The van der Waals surface area contributed by atoms with Gasteiger partial charge >= 0.3 is 0 Å². The Kier molecular flexibility index (Phi) is 9.21. The van der Waals surface area contributed by atoms with Crippen molar-refractivity contribution in [2.45, 2.75) is 47.1 Å². The van der Waals surface area contributed by atoms with E-state index in [2.05, 4.69) is 24.5 Å². The van der Waals surface area contributed by atoms with E-state index in [9.17, 15) is 9.59 Å². The van der Waals surface area contributed by atoms with E-state index >= 15 is 0 Å². The zero-order valence-corrected chi connectivity index (χ0v) is 13.0. The first-order valence-electron chi connectivity index (χ1n) is 7.21. The van der Waals surface area contributed by atoms with Crippen LogP contribution < -0.4 is 10.6 Å². The van der Waals surface area contributed by atoms with E-state index in [1.807, 2.05) is 13.8 Å². The van der Waals surface area contributed by atoms with Crippen molar-refractivity contribution in [1.29, 1.82) is 0 Å². The molecule has 0 heterocycles. The maximum Gasteiger partial charge on any atom is 0.236 e. The van der Waals surface area contributed by atoms with Gasteiger partial charge in [-0.15, -0.1) is 0 Å². The second-order valence-corrected chi connectivity index (χ2v) is 5.14. The van der Waals surface area contributed by atoms with E-state index in [1.165, 1.54) is 0 Å². The molecule has 0 radical (unpaired) electrons. The molecule has 5 nitrogen and oxygen atoms in total. The van der Waals surface area contributed by atoms with Crippen LogP contribution in [0, 0.1) is 5.92 Å². The maximum absolute atomic E-state index is 11.8. The molecule has 2 N–H and O–H groups in total. The number of carbonyl (C=O) groups is 2. The van der Waals surface area contributed by atoms with Gasteiger partial charge < -0.3 is 10.2 Å². The second kappa shape index (κ2) is 9.78. The van der Waals surface area contributed by atoms with Gasteiger partial charge in [-0.1, -0.05) is 13.8 Å². The Morgan fingerprint density at radius 3 is 2.16 bits per heavy atom. The van der Waals surface area contributed by atoms with Crippen LogP contribution >= 0.6 is 0 Å². The Balaban J connectivity index is 3.93. The average molecular weight is 271 g/mol. The van der Waals surface area contributed by atoms with Gasteiger partial charge in [-0.25, -0.2) is 0 Å². The second-order valence-electron chi connectivity index (χ2n) is 5.14. The molecule has 0 aliphatic rings. The normalized spacial score (nSPS) is 12.3. The summed E-state index contributed by atoms with van der Waals surface area (Å²) in [6.45, 7) is 12.2. The fourth-order valence-corrected chi connectivity index (χ4v) is 1.66. The molecule has 1 atom stereocenters. The molecule has 0 fully saturated rings. The third-order valence-corrected chi connectivity index (χ3v) is 3.09. The van der Waals surface area contributed by atoms with Crippen LogP contribution in [0.5, 0.6) is 0 Å². The summed E-state index contributed by atoms with van der Waals surface area (Å²) in [5.74, 6) is 0.563. The van der Waals surface area contributed by atoms with Crippen molar-refractivity contribution in [2.24, 2.45) is 5.92 Å². The van der Waals surface area contributed by atoms with Crippen molar-refractivity contribution < 1.29 is 9.59 Å². The smallest absolute Gasteiger partial charge is 0.236 e. The lowest BCUT2D eigenvalue weighted by molar-refractivity contribution is -0.130. The molecule has 112 valence electrons. The highest BCUT2D eigenvalue weighted by Crippen LogP contribution is 1.96. The Morgan fingerprint density at radius 2 is 1.68 bits per heavy atom. The predicted octanol–water partition coefficient (Wildman–Crippen LogP) is 0.995. The molecule has 0 aromatic heterocycles. The molecule has 0 saturated heterocycles. The van der Waals surface area contributed by atoms with Gasteiger partial charge in [0.25, 0.3) is 0 Å². The summed E-state index contributed by atoms with van der Waals surface area (Å²) in [4.78, 5) is 25.3. The van der Waals surface area contributed by atoms with Crippen LogP contribution in [-0.2, 0) is 9.59 Å². The van der Waals surface area contributed by atoms with Gasteiger partial charge in [0.05, 0.1) is 12.6 Å². The topological polar surface area (TPSA) is 61.4 Å². The highest BCUT2D eigenvalue weighted by molar-refractivity contribution is 5.83. The van der Waals surface area contributed by atoms with Crippen LogP contribution in [-0.4, -0.2) is 48.9 Å². The summed E-state index contributed by atoms with van der Waals surface area (Å²) >= 11 is 0. The summed E-state index contributed by atoms with van der Waals surface area (Å²) in [6, 6.07) is -0.341. The first kappa shape index (κ1) is 17.9. The fraction of sp³-hybridized carbons (Fsp3) is 0.857. The van der Waals surface area contributed by atoms with E-state index in [0.29, 0.717) is 25.6 Å². The van der Waals surface area contributed by atoms with Crippen molar-refractivity contribution in [1.82, 2.24) is 15.5 Å². The first-order chi connectivity index (χ1) is 8.92. The number of rotatable bonds is 9. The number of carbonyl (C=O) groups excluding carboxylic acids is 2. The van der Waals surface area contributed by atoms with E-state index in [1.54, 1.807) is 11.8 Å². The quantitative estimate of drug-likeness (QED) is 0.657. The van der Waals surface area contributed by atoms with Crippen molar-refractivity contribution in [2.75, 3.05) is 26.2 Å². The largest absolute Gasteiger partial charge is 0.355 e. The van der Waals surface area contributed by atoms with Gasteiger partial charge in [-0.3, -0.25) is 14.9 Å². The maximum atomic E-state index is 11.8. The molecule has 5 heteroatoms. The number of likely N-dealkylation sites (N-methyl/N-ethyl adjacent to an activating group) is 1. The SMILES string of the molecule is CCN(CC)C(=O)CNC(C)C(=O)NCCC(C)C. The van der Waals surface area contributed by atoms with Crippen molar-refractivity contribution in [3.8, 4) is 0 Å². The molecule has 0 rings (SSSR count). The van der Waals surface area contributed by atoms with Gasteiger partial charge in [0.1, 0.15) is 0 Å². The summed E-state index contributed by atoms with van der Waals surface area (Å²) in [7, 11) is 0. The van der Waals surface area contributed by atoms with Crippen molar-refractivity contribution in [3.05, 3.63) is 0 Å². The van der Waals surface area contributed by atoms with E-state index in [0.717, 1.165) is 6.42 Å². The number of amides is 2. The molecule has 0 aromatic carbocycles. The van der Waals surface area contributed by atoms with E-state index in [4.69, 9.17) is 0 Å². The third kappa shape index (κ3) is 7.82. The lowest BCUT2D eigenvalue weighted by Crippen LogP contribution is -2.47. The van der Waals surface area contributed by atoms with Gasteiger partial charge in [0.2, 0.25) is 11.8 Å². The highest BCUT2D eigenvalue weighted by atomic mass is 16.2. The highest BCUT2D eigenvalue weighted by Gasteiger charge is 2.15. The molecule has 0 spiro atoms. The van der Waals surface area contributed by atoms with Crippen LogP contribution in [0.1, 0.15) is 41.0 Å². The van der Waals surface area contributed by atoms with E-state index < -0.39 is 0 Å². The Labute approximate surface area is 117 Å². The average Bonchev–Trinajstić information content (AvgIpc) is 2.36. The van der Waals surface area contributed by atoms with E-state index in [-0.39, 0.29) is 24.4 Å². The minimum Gasteiger partial charge on any atom is -0.355 e. The van der Waals surface area contributed by atoms with Crippen molar-refractivity contribution in [3.63, 3.8) is 0 Å². The zero-order chi connectivity index (χ0) is 14.8. The van der Waals surface area contributed by atoms with Crippen LogP contribution in [0.3, 0.4) is 0 Å². The monoisotopic (exact) mass is 271 g/mol. The summed E-state index contributed by atoms with van der Waals surface area (Å²) in [5, 5.41) is 5.83. The zero-order valence-electron chi connectivity index (χ0n) is 13.0. The van der Waals surface area contributed by atoms with Crippen LogP contribution in [0.15, 0.2) is 0 Å². The minimum atomic E-state index is -0.341. The Bertz CT molecular complexity index is 276. The summed E-state index contributed by atoms with van der Waals surface area (Å²) < 4.78 is 0. The molecule has 0 aromatic rings. The Hall–Kier alpha value is -1.10. The summed E-state index contributed by atoms with van der Waals surface area (Å²) in [5.41, 5.74) is 0. The molecule has 0 saturated carbocycles. The molecule has 0 aliphatic heterocycles. The minimum absolute atomic E-state index is 0.0341. The van der Waals surface area contributed by atoms with Gasteiger partial charge in [0.15, 0.2) is 0 Å². The van der Waals surface area contributed by atoms with Crippen molar-refractivity contribution >= 4 is 11.8 Å². The standard InChI is InChI=1S/C14H29N3O2/c1-6-17(7-2)13(18)10-16-12(5)14(19)15-9-8-11(3)4/h11-12,16H,6-10H2,1-5H3,(H,15,19). The van der Waals surface area contributed by atoms with Gasteiger partial charge in [-0.2, -0.15) is 0 Å². The lowest BCUT2D eigenvalue weighted by atomic mass is 10.1. The van der Waals surface area contributed by atoms with Crippen LogP contribution in [0.2, 0.25) is 0 Å². The third-order valence-electron chi connectivity index (χ3n) is 3.09. The molecule has 1 unspecified atom stereocenters. The predicted molar refractivity (Wildman–Crippen MR) is 77.9 cm³/mol. The number of nitrogens with zero attached hydrogens (tertiary/aromatic N) is 1. The van der Waals surface area contributed by atoms with Gasteiger partial charge in [-0.05, 0) is 33.1 Å². The number of nitrogens with one attached hydrogen (secondary N) is 2. The van der Waals surface area contributed by atoms with Gasteiger partial charge in [0, 0.05) is 19.6 Å². The molecule has 2 amide bonds. The van der Waals surface area contributed by atoms with Crippen LogP contribution in [0.4, 0.5) is 0 Å². The lowest BCUT2D eigenvalue weighted by Gasteiger charge is -2.20. The first-order valence-corrected chi connectivity index (χ1v) is 7.21.